The van der Waals surface area contributed by atoms with Gasteiger partial charge in [-0.05, 0) is 43.9 Å². The van der Waals surface area contributed by atoms with Crippen molar-refractivity contribution < 1.29 is 0 Å². The molecule has 0 bridgehead atoms. The quantitative estimate of drug-likeness (QED) is 0.787. The number of rotatable bonds is 3. The van der Waals surface area contributed by atoms with Crippen LogP contribution in [0.2, 0.25) is 0 Å². The number of anilines is 2. The van der Waals surface area contributed by atoms with Crippen molar-refractivity contribution in [2.45, 2.75) is 25.8 Å². The monoisotopic (exact) mass is 215 g/mol. The van der Waals surface area contributed by atoms with Gasteiger partial charge in [-0.25, -0.2) is 0 Å². The molecule has 1 aromatic carbocycles. The Hall–Kier alpha value is -1.69. The van der Waals surface area contributed by atoms with Crippen molar-refractivity contribution in [2.24, 2.45) is 5.92 Å². The topological polar surface area (TPSA) is 53.0 Å². The highest BCUT2D eigenvalue weighted by Gasteiger charge is 2.31. The summed E-state index contributed by atoms with van der Waals surface area (Å²) < 4.78 is 0. The van der Waals surface area contributed by atoms with Crippen LogP contribution in [-0.4, -0.2) is 13.1 Å². The zero-order valence-corrected chi connectivity index (χ0v) is 9.77. The number of nitrogens with zero attached hydrogens (tertiary/aromatic N) is 2. The average Bonchev–Trinajstić information content (AvgIpc) is 3.12. The van der Waals surface area contributed by atoms with E-state index in [2.05, 4.69) is 24.9 Å². The molecule has 1 saturated carbocycles. The molecule has 3 heteroatoms. The summed E-state index contributed by atoms with van der Waals surface area (Å²) in [5.74, 6) is 0.787. The second-order valence-electron chi connectivity index (χ2n) is 4.57. The molecule has 2 rings (SSSR count). The van der Waals surface area contributed by atoms with Gasteiger partial charge in [0.25, 0.3) is 0 Å². The van der Waals surface area contributed by atoms with E-state index in [0.29, 0.717) is 11.6 Å². The van der Waals surface area contributed by atoms with Gasteiger partial charge in [-0.2, -0.15) is 5.26 Å². The molecule has 0 saturated heterocycles. The largest absolute Gasteiger partial charge is 0.397 e. The summed E-state index contributed by atoms with van der Waals surface area (Å²) >= 11 is 0. The van der Waals surface area contributed by atoms with Gasteiger partial charge in [0.2, 0.25) is 0 Å². The Morgan fingerprint density at radius 2 is 2.19 bits per heavy atom. The molecule has 1 aliphatic rings. The molecule has 1 atom stereocenters. The maximum Gasteiger partial charge on any atom is 0.0992 e. The second-order valence-corrected chi connectivity index (χ2v) is 4.57. The third-order valence-electron chi connectivity index (χ3n) is 3.45. The molecular formula is C13H17N3. The first-order valence-corrected chi connectivity index (χ1v) is 5.66. The zero-order chi connectivity index (χ0) is 11.7. The first kappa shape index (κ1) is 10.8. The molecule has 0 spiro atoms. The van der Waals surface area contributed by atoms with Crippen molar-refractivity contribution >= 4 is 11.4 Å². The molecule has 84 valence electrons. The third-order valence-corrected chi connectivity index (χ3v) is 3.45. The summed E-state index contributed by atoms with van der Waals surface area (Å²) in [5.41, 5.74) is 8.33. The molecule has 0 aromatic heterocycles. The Morgan fingerprint density at radius 1 is 1.50 bits per heavy atom. The summed E-state index contributed by atoms with van der Waals surface area (Å²) in [6.07, 6.45) is 2.62. The fourth-order valence-electron chi connectivity index (χ4n) is 2.03. The van der Waals surface area contributed by atoms with E-state index in [1.807, 2.05) is 12.1 Å². The number of nitrogen functional groups attached to an aromatic ring is 1. The number of nitriles is 1. The number of hydrogen-bond acceptors (Lipinski definition) is 3. The van der Waals surface area contributed by atoms with Gasteiger partial charge in [-0.1, -0.05) is 0 Å². The van der Waals surface area contributed by atoms with Crippen LogP contribution < -0.4 is 10.6 Å². The van der Waals surface area contributed by atoms with Crippen molar-refractivity contribution in [1.29, 1.82) is 5.26 Å². The summed E-state index contributed by atoms with van der Waals surface area (Å²) in [5, 5.41) is 8.89. The third kappa shape index (κ3) is 1.96. The summed E-state index contributed by atoms with van der Waals surface area (Å²) in [6.45, 7) is 2.22. The molecular weight excluding hydrogens is 198 g/mol. The Kier molecular flexibility index (Phi) is 2.74. The standard InChI is InChI=1S/C13H17N3/c1-9(11-4-5-11)16(2)13-7-10(8-14)3-6-12(13)15/h3,6-7,9,11H,4-5,15H2,1-2H3. The van der Waals surface area contributed by atoms with Crippen LogP contribution in [0.1, 0.15) is 25.3 Å². The van der Waals surface area contributed by atoms with Crippen molar-refractivity contribution in [3.63, 3.8) is 0 Å². The molecule has 3 nitrogen and oxygen atoms in total. The Balaban J connectivity index is 2.27. The van der Waals surface area contributed by atoms with E-state index in [9.17, 15) is 0 Å². The predicted octanol–water partition coefficient (Wildman–Crippen LogP) is 2.38. The van der Waals surface area contributed by atoms with Crippen molar-refractivity contribution in [3.05, 3.63) is 23.8 Å². The molecule has 0 amide bonds. The minimum atomic E-state index is 0.497. The highest BCUT2D eigenvalue weighted by Crippen LogP contribution is 2.37. The molecule has 0 aliphatic heterocycles. The van der Waals surface area contributed by atoms with Gasteiger partial charge < -0.3 is 10.6 Å². The van der Waals surface area contributed by atoms with E-state index in [0.717, 1.165) is 17.3 Å². The molecule has 1 fully saturated rings. The maximum atomic E-state index is 8.89. The van der Waals surface area contributed by atoms with E-state index in [1.54, 1.807) is 6.07 Å². The van der Waals surface area contributed by atoms with Gasteiger partial charge in [-0.3, -0.25) is 0 Å². The van der Waals surface area contributed by atoms with Gasteiger partial charge in [-0.15, -0.1) is 0 Å². The number of nitrogens with two attached hydrogens (primary N) is 1. The van der Waals surface area contributed by atoms with Gasteiger partial charge in [0, 0.05) is 13.1 Å². The number of benzene rings is 1. The lowest BCUT2D eigenvalue weighted by atomic mass is 10.1. The van der Waals surface area contributed by atoms with Crippen LogP contribution in [0, 0.1) is 17.2 Å². The highest BCUT2D eigenvalue weighted by atomic mass is 15.1. The van der Waals surface area contributed by atoms with E-state index in [1.165, 1.54) is 12.8 Å². The van der Waals surface area contributed by atoms with Crippen molar-refractivity contribution in [1.82, 2.24) is 0 Å². The van der Waals surface area contributed by atoms with Gasteiger partial charge in [0.1, 0.15) is 0 Å². The lowest BCUT2D eigenvalue weighted by molar-refractivity contribution is 0.610. The smallest absolute Gasteiger partial charge is 0.0992 e. The van der Waals surface area contributed by atoms with E-state index < -0.39 is 0 Å². The van der Waals surface area contributed by atoms with Crippen LogP contribution in [0.15, 0.2) is 18.2 Å². The summed E-state index contributed by atoms with van der Waals surface area (Å²) in [6, 6.07) is 8.08. The minimum Gasteiger partial charge on any atom is -0.397 e. The van der Waals surface area contributed by atoms with Crippen LogP contribution in [0.4, 0.5) is 11.4 Å². The van der Waals surface area contributed by atoms with E-state index >= 15 is 0 Å². The lowest BCUT2D eigenvalue weighted by Crippen LogP contribution is -2.31. The summed E-state index contributed by atoms with van der Waals surface area (Å²) in [4.78, 5) is 2.19. The SMILES string of the molecule is CC(C1CC1)N(C)c1cc(C#N)ccc1N. The predicted molar refractivity (Wildman–Crippen MR) is 66.2 cm³/mol. The molecule has 2 N–H and O–H groups in total. The van der Waals surface area contributed by atoms with Gasteiger partial charge in [0.15, 0.2) is 0 Å². The van der Waals surface area contributed by atoms with E-state index in [-0.39, 0.29) is 0 Å². The molecule has 0 radical (unpaired) electrons. The Labute approximate surface area is 96.5 Å². The Morgan fingerprint density at radius 3 is 2.75 bits per heavy atom. The first-order chi connectivity index (χ1) is 7.63. The van der Waals surface area contributed by atoms with Gasteiger partial charge in [0.05, 0.1) is 23.0 Å². The fraction of sp³-hybridized carbons (Fsp3) is 0.462. The second kappa shape index (κ2) is 4.05. The van der Waals surface area contributed by atoms with Crippen LogP contribution in [0.5, 0.6) is 0 Å². The molecule has 0 heterocycles. The van der Waals surface area contributed by atoms with Crippen molar-refractivity contribution in [3.8, 4) is 6.07 Å². The lowest BCUT2D eigenvalue weighted by Gasteiger charge is -2.28. The van der Waals surface area contributed by atoms with E-state index in [4.69, 9.17) is 11.0 Å². The molecule has 1 aliphatic carbocycles. The molecule has 16 heavy (non-hydrogen) atoms. The zero-order valence-electron chi connectivity index (χ0n) is 9.77. The first-order valence-electron chi connectivity index (χ1n) is 5.66. The van der Waals surface area contributed by atoms with Gasteiger partial charge >= 0.3 is 0 Å². The van der Waals surface area contributed by atoms with Crippen molar-refractivity contribution in [2.75, 3.05) is 17.7 Å². The molecule has 1 unspecified atom stereocenters. The van der Waals surface area contributed by atoms with Crippen LogP contribution in [-0.2, 0) is 0 Å². The van der Waals surface area contributed by atoms with Crippen LogP contribution >= 0.6 is 0 Å². The Bertz CT molecular complexity index is 429. The average molecular weight is 215 g/mol. The normalized spacial score (nSPS) is 16.6. The van der Waals surface area contributed by atoms with Crippen LogP contribution in [0.25, 0.3) is 0 Å². The molecule has 1 aromatic rings. The fourth-order valence-corrected chi connectivity index (χ4v) is 2.03. The highest BCUT2D eigenvalue weighted by molar-refractivity contribution is 5.69. The number of hydrogen-bond donors (Lipinski definition) is 1. The van der Waals surface area contributed by atoms with Crippen LogP contribution in [0.3, 0.4) is 0 Å². The maximum absolute atomic E-state index is 8.89. The summed E-state index contributed by atoms with van der Waals surface area (Å²) in [7, 11) is 2.05. The minimum absolute atomic E-state index is 0.497.